The van der Waals surface area contributed by atoms with E-state index in [0.717, 1.165) is 0 Å². The Labute approximate surface area is 113 Å². The Hall–Kier alpha value is -2.28. The third kappa shape index (κ3) is 2.94. The SMILES string of the molecule is Cc1nc(CNc2c(Cl)cc(N)cc2C(=O)O)no1. The normalized spacial score (nSPS) is 10.4. The number of nitrogens with zero attached hydrogens (tertiary/aromatic N) is 2. The van der Waals surface area contributed by atoms with Crippen molar-refractivity contribution in [3.8, 4) is 0 Å². The first-order valence-electron chi connectivity index (χ1n) is 5.32. The molecule has 1 heterocycles. The molecule has 19 heavy (non-hydrogen) atoms. The molecule has 0 aliphatic rings. The first kappa shape index (κ1) is 13.2. The number of hydrogen-bond donors (Lipinski definition) is 3. The van der Waals surface area contributed by atoms with Gasteiger partial charge in [-0.15, -0.1) is 0 Å². The number of carboxylic acid groups (broad SMARTS) is 1. The van der Waals surface area contributed by atoms with Gasteiger partial charge >= 0.3 is 5.97 Å². The van der Waals surface area contributed by atoms with Gasteiger partial charge in [0.25, 0.3) is 0 Å². The maximum Gasteiger partial charge on any atom is 0.337 e. The van der Waals surface area contributed by atoms with Gasteiger partial charge in [0.2, 0.25) is 5.89 Å². The predicted molar refractivity (Wildman–Crippen MR) is 69.2 cm³/mol. The second-order valence-electron chi connectivity index (χ2n) is 3.81. The molecule has 7 nitrogen and oxygen atoms in total. The van der Waals surface area contributed by atoms with Crippen LogP contribution in [0.1, 0.15) is 22.1 Å². The number of halogens is 1. The molecule has 1 aromatic heterocycles. The highest BCUT2D eigenvalue weighted by molar-refractivity contribution is 6.34. The quantitative estimate of drug-likeness (QED) is 0.734. The number of aryl methyl sites for hydroxylation is 1. The summed E-state index contributed by atoms with van der Waals surface area (Å²) >= 11 is 5.98. The number of nitrogens with one attached hydrogen (secondary N) is 1. The van der Waals surface area contributed by atoms with Crippen molar-refractivity contribution >= 4 is 28.9 Å². The number of rotatable bonds is 4. The molecule has 2 aromatic rings. The molecule has 2 rings (SSSR count). The van der Waals surface area contributed by atoms with E-state index < -0.39 is 5.97 Å². The smallest absolute Gasteiger partial charge is 0.337 e. The van der Waals surface area contributed by atoms with E-state index in [1.165, 1.54) is 12.1 Å². The summed E-state index contributed by atoms with van der Waals surface area (Å²) in [6, 6.07) is 2.80. The van der Waals surface area contributed by atoms with Gasteiger partial charge in [-0.1, -0.05) is 16.8 Å². The van der Waals surface area contributed by atoms with Gasteiger partial charge in [-0.25, -0.2) is 4.79 Å². The summed E-state index contributed by atoms with van der Waals surface area (Å²) in [5, 5.41) is 15.9. The zero-order valence-corrected chi connectivity index (χ0v) is 10.7. The summed E-state index contributed by atoms with van der Waals surface area (Å²) in [4.78, 5) is 15.1. The number of benzene rings is 1. The second-order valence-corrected chi connectivity index (χ2v) is 4.22. The summed E-state index contributed by atoms with van der Waals surface area (Å²) in [6.45, 7) is 1.86. The molecule has 0 aliphatic heterocycles. The van der Waals surface area contributed by atoms with E-state index in [0.29, 0.717) is 11.7 Å². The molecule has 0 aliphatic carbocycles. The summed E-state index contributed by atoms with van der Waals surface area (Å²) < 4.78 is 4.81. The molecule has 4 N–H and O–H groups in total. The van der Waals surface area contributed by atoms with Crippen LogP contribution in [0.15, 0.2) is 16.7 Å². The summed E-state index contributed by atoms with van der Waals surface area (Å²) in [5.74, 6) is -0.290. The minimum atomic E-state index is -1.12. The third-order valence-corrected chi connectivity index (χ3v) is 2.63. The lowest BCUT2D eigenvalue weighted by Crippen LogP contribution is -2.08. The van der Waals surface area contributed by atoms with E-state index in [1.807, 2.05) is 0 Å². The Morgan fingerprint density at radius 2 is 2.32 bits per heavy atom. The number of carbonyl (C=O) groups is 1. The molecule has 0 unspecified atom stereocenters. The zero-order chi connectivity index (χ0) is 14.0. The van der Waals surface area contributed by atoms with Crippen LogP contribution >= 0.6 is 11.6 Å². The van der Waals surface area contributed by atoms with Crippen molar-refractivity contribution in [2.75, 3.05) is 11.1 Å². The van der Waals surface area contributed by atoms with Crippen LogP contribution in [0.4, 0.5) is 11.4 Å². The van der Waals surface area contributed by atoms with Crippen LogP contribution in [-0.4, -0.2) is 21.2 Å². The van der Waals surface area contributed by atoms with Gasteiger partial charge in [-0.2, -0.15) is 4.98 Å². The standard InChI is InChI=1S/C11H11ClN4O3/c1-5-15-9(16-19-5)4-14-10-7(11(17)18)2-6(13)3-8(10)12/h2-3,14H,4,13H2,1H3,(H,17,18). The van der Waals surface area contributed by atoms with Gasteiger partial charge in [0.05, 0.1) is 22.8 Å². The molecular weight excluding hydrogens is 272 g/mol. The molecule has 1 aromatic carbocycles. The fourth-order valence-corrected chi connectivity index (χ4v) is 1.85. The van der Waals surface area contributed by atoms with Crippen molar-refractivity contribution in [1.82, 2.24) is 10.1 Å². The molecule has 0 fully saturated rings. The van der Waals surface area contributed by atoms with Crippen LogP contribution in [0.2, 0.25) is 5.02 Å². The highest BCUT2D eigenvalue weighted by atomic mass is 35.5. The second kappa shape index (κ2) is 5.15. The topological polar surface area (TPSA) is 114 Å². The molecule has 0 radical (unpaired) electrons. The van der Waals surface area contributed by atoms with Gasteiger partial charge in [0.15, 0.2) is 5.82 Å². The number of aromatic carboxylic acids is 1. The van der Waals surface area contributed by atoms with E-state index in [2.05, 4.69) is 15.5 Å². The Morgan fingerprint density at radius 1 is 1.58 bits per heavy atom. The van der Waals surface area contributed by atoms with Gasteiger partial charge in [-0.3, -0.25) is 0 Å². The maximum atomic E-state index is 11.1. The molecule has 0 amide bonds. The van der Waals surface area contributed by atoms with Crippen molar-refractivity contribution in [1.29, 1.82) is 0 Å². The first-order chi connectivity index (χ1) is 8.97. The van der Waals surface area contributed by atoms with Gasteiger partial charge in [0.1, 0.15) is 0 Å². The molecule has 8 heteroatoms. The van der Waals surface area contributed by atoms with E-state index >= 15 is 0 Å². The molecule has 0 bridgehead atoms. The molecule has 0 spiro atoms. The van der Waals surface area contributed by atoms with E-state index in [-0.39, 0.29) is 28.5 Å². The third-order valence-electron chi connectivity index (χ3n) is 2.34. The number of nitrogens with two attached hydrogens (primary N) is 1. The lowest BCUT2D eigenvalue weighted by atomic mass is 10.1. The summed E-state index contributed by atoms with van der Waals surface area (Å²) in [6.07, 6.45) is 0. The van der Waals surface area contributed by atoms with E-state index in [4.69, 9.17) is 27.0 Å². The predicted octanol–water partition coefficient (Wildman–Crippen LogP) is 1.92. The van der Waals surface area contributed by atoms with Gasteiger partial charge < -0.3 is 20.7 Å². The minimum absolute atomic E-state index is 0.00906. The Balaban J connectivity index is 2.26. The zero-order valence-electron chi connectivity index (χ0n) is 9.98. The van der Waals surface area contributed by atoms with Gasteiger partial charge in [0, 0.05) is 12.6 Å². The fraction of sp³-hybridized carbons (Fsp3) is 0.182. The van der Waals surface area contributed by atoms with E-state index in [9.17, 15) is 4.79 Å². The van der Waals surface area contributed by atoms with E-state index in [1.54, 1.807) is 6.92 Å². The molecule has 0 saturated carbocycles. The number of aromatic nitrogens is 2. The van der Waals surface area contributed by atoms with Crippen molar-refractivity contribution in [3.63, 3.8) is 0 Å². The van der Waals surface area contributed by atoms with Crippen LogP contribution in [0.3, 0.4) is 0 Å². The molecule has 100 valence electrons. The highest BCUT2D eigenvalue weighted by Gasteiger charge is 2.15. The Bertz CT molecular complexity index is 626. The van der Waals surface area contributed by atoms with Crippen LogP contribution in [-0.2, 0) is 6.54 Å². The van der Waals surface area contributed by atoms with Crippen molar-refractivity contribution in [2.45, 2.75) is 13.5 Å². The van der Waals surface area contributed by atoms with Gasteiger partial charge in [-0.05, 0) is 12.1 Å². The minimum Gasteiger partial charge on any atom is -0.478 e. The Morgan fingerprint density at radius 3 is 2.89 bits per heavy atom. The van der Waals surface area contributed by atoms with Crippen molar-refractivity contribution in [3.05, 3.63) is 34.4 Å². The van der Waals surface area contributed by atoms with Crippen LogP contribution in [0.25, 0.3) is 0 Å². The summed E-state index contributed by atoms with van der Waals surface area (Å²) in [7, 11) is 0. The highest BCUT2D eigenvalue weighted by Crippen LogP contribution is 2.29. The average Bonchev–Trinajstić information content (AvgIpc) is 2.73. The van der Waals surface area contributed by atoms with Crippen molar-refractivity contribution in [2.24, 2.45) is 0 Å². The molecular formula is C11H11ClN4O3. The molecule has 0 atom stereocenters. The number of nitrogen functional groups attached to an aromatic ring is 1. The monoisotopic (exact) mass is 282 g/mol. The van der Waals surface area contributed by atoms with Crippen LogP contribution in [0, 0.1) is 6.92 Å². The number of anilines is 2. The largest absolute Gasteiger partial charge is 0.478 e. The summed E-state index contributed by atoms with van der Waals surface area (Å²) in [5.41, 5.74) is 6.10. The first-order valence-corrected chi connectivity index (χ1v) is 5.70. The Kier molecular flexibility index (Phi) is 3.57. The lowest BCUT2D eigenvalue weighted by Gasteiger charge is -2.11. The lowest BCUT2D eigenvalue weighted by molar-refractivity contribution is 0.0698. The average molecular weight is 283 g/mol. The van der Waals surface area contributed by atoms with Crippen LogP contribution < -0.4 is 11.1 Å². The van der Waals surface area contributed by atoms with Crippen LogP contribution in [0.5, 0.6) is 0 Å². The molecule has 0 saturated heterocycles. The number of hydrogen-bond acceptors (Lipinski definition) is 6. The maximum absolute atomic E-state index is 11.1. The van der Waals surface area contributed by atoms with Crippen molar-refractivity contribution < 1.29 is 14.4 Å². The fourth-order valence-electron chi connectivity index (χ4n) is 1.56. The number of carboxylic acids is 1.